The van der Waals surface area contributed by atoms with Crippen LogP contribution in [0.25, 0.3) is 0 Å². The highest BCUT2D eigenvalue weighted by Gasteiger charge is 2.17. The number of nitrogens with one attached hydrogen (secondary N) is 1. The Kier molecular flexibility index (Phi) is 6.68. The summed E-state index contributed by atoms with van der Waals surface area (Å²) in [5.74, 6) is -0.755. The van der Waals surface area contributed by atoms with Gasteiger partial charge in [-0.25, -0.2) is 0 Å². The first-order valence-corrected chi connectivity index (χ1v) is 6.88. The Bertz CT molecular complexity index is 488. The maximum atomic E-state index is 11.1. The Morgan fingerprint density at radius 2 is 2.10 bits per heavy atom. The molecule has 0 bridgehead atoms. The van der Waals surface area contributed by atoms with Crippen LogP contribution in [0.5, 0.6) is 5.75 Å². The van der Waals surface area contributed by atoms with E-state index in [-0.39, 0.29) is 18.9 Å². The van der Waals surface area contributed by atoms with Crippen molar-refractivity contribution in [3.05, 3.63) is 29.8 Å². The van der Waals surface area contributed by atoms with Crippen LogP contribution < -0.4 is 15.8 Å². The van der Waals surface area contributed by atoms with Crippen LogP contribution in [-0.2, 0) is 16.1 Å². The number of rotatable bonds is 9. The fraction of sp³-hybridized carbons (Fsp3) is 0.467. The number of carbonyl (C=O) groups excluding carboxylic acids is 1. The molecule has 6 heteroatoms. The fourth-order valence-corrected chi connectivity index (χ4v) is 1.84. The first-order valence-electron chi connectivity index (χ1n) is 6.88. The second-order valence-electron chi connectivity index (χ2n) is 5.09. The summed E-state index contributed by atoms with van der Waals surface area (Å²) in [7, 11) is 0. The van der Waals surface area contributed by atoms with Crippen LogP contribution in [0.4, 0.5) is 0 Å². The second-order valence-corrected chi connectivity index (χ2v) is 5.09. The van der Waals surface area contributed by atoms with E-state index in [1.807, 2.05) is 38.1 Å². The quantitative estimate of drug-likeness (QED) is 0.637. The van der Waals surface area contributed by atoms with E-state index >= 15 is 0 Å². The highest BCUT2D eigenvalue weighted by Crippen LogP contribution is 2.15. The summed E-state index contributed by atoms with van der Waals surface area (Å²) < 4.78 is 5.58. The van der Waals surface area contributed by atoms with Crippen molar-refractivity contribution < 1.29 is 19.4 Å². The van der Waals surface area contributed by atoms with Gasteiger partial charge in [0.15, 0.2) is 0 Å². The molecule has 1 rings (SSSR count). The van der Waals surface area contributed by atoms with Gasteiger partial charge >= 0.3 is 5.97 Å². The third kappa shape index (κ3) is 6.76. The molecule has 1 amide bonds. The van der Waals surface area contributed by atoms with Gasteiger partial charge in [-0.15, -0.1) is 0 Å². The van der Waals surface area contributed by atoms with Crippen molar-refractivity contribution in [1.82, 2.24) is 5.32 Å². The predicted octanol–water partition coefficient (Wildman–Crippen LogP) is 1.28. The van der Waals surface area contributed by atoms with E-state index < -0.39 is 17.9 Å². The summed E-state index contributed by atoms with van der Waals surface area (Å²) in [6, 6.07) is 6.65. The highest BCUT2D eigenvalue weighted by molar-refractivity contribution is 5.77. The lowest BCUT2D eigenvalue weighted by molar-refractivity contribution is -0.139. The molecular weight excluding hydrogens is 272 g/mol. The highest BCUT2D eigenvalue weighted by atomic mass is 16.5. The Morgan fingerprint density at radius 1 is 1.38 bits per heavy atom. The van der Waals surface area contributed by atoms with Crippen LogP contribution in [0.15, 0.2) is 24.3 Å². The van der Waals surface area contributed by atoms with Gasteiger partial charge in [0.2, 0.25) is 5.91 Å². The largest absolute Gasteiger partial charge is 0.491 e. The van der Waals surface area contributed by atoms with Gasteiger partial charge in [-0.2, -0.15) is 0 Å². The standard InChI is InChI=1S/C15H22N2O4/c1-10(2)21-12-5-3-4-11(8-12)9-17-13(15(19)20)6-7-14(16)18/h3-5,8,10,13,17H,6-7,9H2,1-2H3,(H2,16,18)(H,19,20). The molecule has 0 saturated heterocycles. The molecule has 0 saturated carbocycles. The Hall–Kier alpha value is -2.08. The molecule has 1 atom stereocenters. The first-order chi connectivity index (χ1) is 9.88. The molecule has 0 aliphatic heterocycles. The van der Waals surface area contributed by atoms with E-state index in [9.17, 15) is 9.59 Å². The molecule has 21 heavy (non-hydrogen) atoms. The Morgan fingerprint density at radius 3 is 2.67 bits per heavy atom. The minimum atomic E-state index is -0.995. The number of hydrogen-bond acceptors (Lipinski definition) is 4. The van der Waals surface area contributed by atoms with Gasteiger partial charge in [0.1, 0.15) is 11.8 Å². The predicted molar refractivity (Wildman–Crippen MR) is 78.9 cm³/mol. The van der Waals surface area contributed by atoms with Crippen LogP contribution >= 0.6 is 0 Å². The topological polar surface area (TPSA) is 102 Å². The van der Waals surface area contributed by atoms with Gasteiger partial charge in [-0.1, -0.05) is 12.1 Å². The number of hydrogen-bond donors (Lipinski definition) is 3. The Labute approximate surface area is 124 Å². The van der Waals surface area contributed by atoms with E-state index in [1.54, 1.807) is 0 Å². The fourth-order valence-electron chi connectivity index (χ4n) is 1.84. The summed E-state index contributed by atoms with van der Waals surface area (Å²) in [5, 5.41) is 12.0. The van der Waals surface area contributed by atoms with Crippen LogP contribution in [-0.4, -0.2) is 29.1 Å². The normalized spacial score (nSPS) is 12.1. The molecule has 0 fully saturated rings. The Balaban J connectivity index is 2.58. The number of aliphatic carboxylic acids is 1. The monoisotopic (exact) mass is 294 g/mol. The van der Waals surface area contributed by atoms with Gasteiger partial charge in [-0.3, -0.25) is 9.59 Å². The average molecular weight is 294 g/mol. The number of ether oxygens (including phenoxy) is 1. The van der Waals surface area contributed by atoms with Crippen molar-refractivity contribution in [2.24, 2.45) is 5.73 Å². The second kappa shape index (κ2) is 8.26. The zero-order chi connectivity index (χ0) is 15.8. The number of carboxylic acid groups (broad SMARTS) is 1. The molecule has 116 valence electrons. The van der Waals surface area contributed by atoms with E-state index in [4.69, 9.17) is 15.6 Å². The van der Waals surface area contributed by atoms with E-state index in [2.05, 4.69) is 5.32 Å². The lowest BCUT2D eigenvalue weighted by atomic mass is 10.1. The smallest absolute Gasteiger partial charge is 0.320 e. The van der Waals surface area contributed by atoms with Crippen molar-refractivity contribution in [2.75, 3.05) is 0 Å². The van der Waals surface area contributed by atoms with Crippen LogP contribution in [0.3, 0.4) is 0 Å². The maximum Gasteiger partial charge on any atom is 0.320 e. The maximum absolute atomic E-state index is 11.1. The molecule has 0 aliphatic carbocycles. The lowest BCUT2D eigenvalue weighted by Crippen LogP contribution is -2.37. The van der Waals surface area contributed by atoms with E-state index in [0.29, 0.717) is 6.54 Å². The third-order valence-corrected chi connectivity index (χ3v) is 2.80. The number of carbonyl (C=O) groups is 2. The average Bonchev–Trinajstić information content (AvgIpc) is 2.37. The third-order valence-electron chi connectivity index (χ3n) is 2.80. The van der Waals surface area contributed by atoms with Crippen LogP contribution in [0.1, 0.15) is 32.3 Å². The first kappa shape index (κ1) is 17.0. The van der Waals surface area contributed by atoms with Gasteiger partial charge in [0.25, 0.3) is 0 Å². The minimum absolute atomic E-state index is 0.0421. The van der Waals surface area contributed by atoms with Crippen molar-refractivity contribution in [3.63, 3.8) is 0 Å². The molecule has 1 aromatic carbocycles. The SMILES string of the molecule is CC(C)Oc1cccc(CNC(CCC(N)=O)C(=O)O)c1. The number of primary amides is 1. The van der Waals surface area contributed by atoms with Gasteiger partial charge in [-0.05, 0) is 38.0 Å². The van der Waals surface area contributed by atoms with Gasteiger partial charge < -0.3 is 20.9 Å². The van der Waals surface area contributed by atoms with E-state index in [0.717, 1.165) is 11.3 Å². The van der Waals surface area contributed by atoms with Crippen LogP contribution in [0, 0.1) is 0 Å². The summed E-state index contributed by atoms with van der Waals surface area (Å²) in [6.07, 6.45) is 0.295. The number of nitrogens with two attached hydrogens (primary N) is 1. The molecule has 4 N–H and O–H groups in total. The lowest BCUT2D eigenvalue weighted by Gasteiger charge is -2.15. The van der Waals surface area contributed by atoms with Crippen molar-refractivity contribution in [2.45, 2.75) is 45.4 Å². The van der Waals surface area contributed by atoms with Gasteiger partial charge in [0.05, 0.1) is 6.10 Å². The zero-order valence-electron chi connectivity index (χ0n) is 12.3. The van der Waals surface area contributed by atoms with E-state index in [1.165, 1.54) is 0 Å². The molecule has 1 unspecified atom stereocenters. The summed E-state index contributed by atoms with van der Waals surface area (Å²) in [5.41, 5.74) is 5.95. The molecule has 0 radical (unpaired) electrons. The molecular formula is C15H22N2O4. The van der Waals surface area contributed by atoms with Crippen molar-refractivity contribution >= 4 is 11.9 Å². The molecule has 6 nitrogen and oxygen atoms in total. The molecule has 0 aliphatic rings. The molecule has 0 spiro atoms. The van der Waals surface area contributed by atoms with Crippen molar-refractivity contribution in [3.8, 4) is 5.75 Å². The number of benzene rings is 1. The number of carboxylic acids is 1. The zero-order valence-corrected chi connectivity index (χ0v) is 12.3. The van der Waals surface area contributed by atoms with Crippen molar-refractivity contribution in [1.29, 1.82) is 0 Å². The summed E-state index contributed by atoms with van der Waals surface area (Å²) in [4.78, 5) is 21.8. The summed E-state index contributed by atoms with van der Waals surface area (Å²) >= 11 is 0. The minimum Gasteiger partial charge on any atom is -0.491 e. The summed E-state index contributed by atoms with van der Waals surface area (Å²) in [6.45, 7) is 4.26. The molecule has 1 aromatic rings. The number of amides is 1. The molecule has 0 aromatic heterocycles. The van der Waals surface area contributed by atoms with Crippen LogP contribution in [0.2, 0.25) is 0 Å². The molecule has 0 heterocycles. The van der Waals surface area contributed by atoms with Gasteiger partial charge in [0, 0.05) is 13.0 Å².